The Morgan fingerprint density at radius 3 is 2.78 bits per heavy atom. The third-order valence-corrected chi connectivity index (χ3v) is 6.05. The van der Waals surface area contributed by atoms with Gasteiger partial charge in [-0.3, -0.25) is 9.20 Å². The molecule has 27 heavy (non-hydrogen) atoms. The number of ether oxygens (including phenoxy) is 1. The highest BCUT2D eigenvalue weighted by molar-refractivity contribution is 8.00. The van der Waals surface area contributed by atoms with Gasteiger partial charge in [-0.05, 0) is 50.2 Å². The first-order valence-electron chi connectivity index (χ1n) is 8.58. The summed E-state index contributed by atoms with van der Waals surface area (Å²) in [5.41, 5.74) is 1.80. The number of amides is 1. The van der Waals surface area contributed by atoms with Crippen LogP contribution in [0.2, 0.25) is 0 Å². The topological polar surface area (TPSA) is 68.5 Å². The molecule has 1 atom stereocenters. The van der Waals surface area contributed by atoms with Gasteiger partial charge in [0.2, 0.25) is 10.9 Å². The van der Waals surface area contributed by atoms with Crippen LogP contribution in [-0.2, 0) is 4.79 Å². The van der Waals surface area contributed by atoms with Gasteiger partial charge in [-0.2, -0.15) is 0 Å². The molecule has 4 rings (SSSR count). The zero-order chi connectivity index (χ0) is 18.8. The van der Waals surface area contributed by atoms with E-state index in [1.807, 2.05) is 60.7 Å². The first-order valence-corrected chi connectivity index (χ1v) is 10.3. The van der Waals surface area contributed by atoms with Gasteiger partial charge in [0.25, 0.3) is 0 Å². The predicted octanol–water partition coefficient (Wildman–Crippen LogP) is 4.46. The monoisotopic (exact) mass is 398 g/mol. The summed E-state index contributed by atoms with van der Waals surface area (Å²) in [5, 5.41) is 11.8. The van der Waals surface area contributed by atoms with Crippen molar-refractivity contribution in [3.8, 4) is 5.75 Å². The summed E-state index contributed by atoms with van der Waals surface area (Å²) in [6, 6.07) is 15.5. The number of benzene rings is 2. The van der Waals surface area contributed by atoms with E-state index in [9.17, 15) is 4.79 Å². The van der Waals surface area contributed by atoms with Crippen LogP contribution < -0.4 is 10.1 Å². The molecule has 0 radical (unpaired) electrons. The Kier molecular flexibility index (Phi) is 5.00. The average Bonchev–Trinajstić information content (AvgIpc) is 3.23. The van der Waals surface area contributed by atoms with Crippen LogP contribution in [0, 0.1) is 0 Å². The third kappa shape index (κ3) is 3.63. The Hall–Kier alpha value is -2.58. The van der Waals surface area contributed by atoms with E-state index in [1.54, 1.807) is 11.3 Å². The Balaban J connectivity index is 1.49. The molecule has 0 aliphatic heterocycles. The lowest BCUT2D eigenvalue weighted by molar-refractivity contribution is -0.115. The van der Waals surface area contributed by atoms with E-state index in [1.165, 1.54) is 11.8 Å². The van der Waals surface area contributed by atoms with Crippen LogP contribution in [-0.4, -0.2) is 32.4 Å². The van der Waals surface area contributed by atoms with Crippen LogP contribution in [0.4, 0.5) is 5.69 Å². The van der Waals surface area contributed by atoms with Crippen LogP contribution >= 0.6 is 23.1 Å². The standard InChI is InChI=1S/C19H18N4O2S2/c1-3-25-14-10-8-13(9-11-14)20-17(24)12(2)26-18-21-22-19-23(18)15-6-4-5-7-16(15)27-19/h4-12H,3H2,1-2H3,(H,20,24). The van der Waals surface area contributed by atoms with E-state index < -0.39 is 0 Å². The highest BCUT2D eigenvalue weighted by Crippen LogP contribution is 2.31. The second-order valence-corrected chi connectivity index (χ2v) is 8.19. The minimum Gasteiger partial charge on any atom is -0.494 e. The van der Waals surface area contributed by atoms with E-state index >= 15 is 0 Å². The molecule has 0 aliphatic rings. The van der Waals surface area contributed by atoms with Crippen molar-refractivity contribution in [2.75, 3.05) is 11.9 Å². The van der Waals surface area contributed by atoms with Crippen molar-refractivity contribution in [1.29, 1.82) is 0 Å². The van der Waals surface area contributed by atoms with Gasteiger partial charge in [0.1, 0.15) is 5.75 Å². The number of anilines is 1. The molecular formula is C19H18N4O2S2. The number of aromatic nitrogens is 3. The maximum Gasteiger partial charge on any atom is 0.237 e. The Labute approximate surface area is 164 Å². The maximum atomic E-state index is 12.6. The molecule has 0 spiro atoms. The number of hydrogen-bond donors (Lipinski definition) is 1. The molecule has 2 aromatic heterocycles. The summed E-state index contributed by atoms with van der Waals surface area (Å²) < 4.78 is 8.57. The molecule has 0 fully saturated rings. The van der Waals surface area contributed by atoms with Gasteiger partial charge < -0.3 is 10.1 Å². The van der Waals surface area contributed by atoms with Gasteiger partial charge in [0.05, 0.1) is 22.1 Å². The average molecular weight is 399 g/mol. The molecule has 138 valence electrons. The highest BCUT2D eigenvalue weighted by atomic mass is 32.2. The Morgan fingerprint density at radius 1 is 1.22 bits per heavy atom. The number of fused-ring (bicyclic) bond motifs is 3. The van der Waals surface area contributed by atoms with Gasteiger partial charge >= 0.3 is 0 Å². The van der Waals surface area contributed by atoms with Crippen molar-refractivity contribution in [1.82, 2.24) is 14.6 Å². The van der Waals surface area contributed by atoms with Gasteiger partial charge in [0.15, 0.2) is 5.16 Å². The van der Waals surface area contributed by atoms with Crippen molar-refractivity contribution < 1.29 is 9.53 Å². The van der Waals surface area contributed by atoms with Crippen molar-refractivity contribution >= 4 is 49.9 Å². The van der Waals surface area contributed by atoms with Crippen LogP contribution in [0.15, 0.2) is 53.7 Å². The Morgan fingerprint density at radius 2 is 2.00 bits per heavy atom. The highest BCUT2D eigenvalue weighted by Gasteiger charge is 2.20. The Bertz CT molecular complexity index is 1090. The first kappa shape index (κ1) is 17.8. The second kappa shape index (κ2) is 7.58. The summed E-state index contributed by atoms with van der Waals surface area (Å²) in [6.07, 6.45) is 0. The van der Waals surface area contributed by atoms with E-state index in [4.69, 9.17) is 4.74 Å². The zero-order valence-electron chi connectivity index (χ0n) is 14.9. The van der Waals surface area contributed by atoms with Crippen LogP contribution in [0.5, 0.6) is 5.75 Å². The van der Waals surface area contributed by atoms with E-state index in [0.717, 1.165) is 31.8 Å². The third-order valence-electron chi connectivity index (χ3n) is 4.00. The number of nitrogens with one attached hydrogen (secondary N) is 1. The lowest BCUT2D eigenvalue weighted by atomic mass is 10.3. The molecule has 1 unspecified atom stereocenters. The molecule has 1 N–H and O–H groups in total. The van der Waals surface area contributed by atoms with Crippen molar-refractivity contribution in [3.05, 3.63) is 48.5 Å². The van der Waals surface area contributed by atoms with E-state index in [2.05, 4.69) is 21.6 Å². The molecular weight excluding hydrogens is 380 g/mol. The van der Waals surface area contributed by atoms with E-state index in [-0.39, 0.29) is 11.2 Å². The van der Waals surface area contributed by atoms with Gasteiger partial charge in [-0.25, -0.2) is 0 Å². The van der Waals surface area contributed by atoms with E-state index in [0.29, 0.717) is 6.61 Å². The van der Waals surface area contributed by atoms with Gasteiger partial charge in [-0.1, -0.05) is 35.2 Å². The summed E-state index contributed by atoms with van der Waals surface area (Å²) in [6.45, 7) is 4.42. The molecule has 2 heterocycles. The number of hydrogen-bond acceptors (Lipinski definition) is 6. The largest absolute Gasteiger partial charge is 0.494 e. The fourth-order valence-corrected chi connectivity index (χ4v) is 4.57. The summed E-state index contributed by atoms with van der Waals surface area (Å²) in [5.74, 6) is 0.702. The maximum absolute atomic E-state index is 12.6. The van der Waals surface area contributed by atoms with Crippen LogP contribution in [0.25, 0.3) is 15.2 Å². The summed E-state index contributed by atoms with van der Waals surface area (Å²) in [7, 11) is 0. The quantitative estimate of drug-likeness (QED) is 0.486. The van der Waals surface area contributed by atoms with Crippen molar-refractivity contribution in [2.45, 2.75) is 24.3 Å². The smallest absolute Gasteiger partial charge is 0.237 e. The first-order chi connectivity index (χ1) is 13.2. The minimum absolute atomic E-state index is 0.0829. The molecule has 0 saturated carbocycles. The summed E-state index contributed by atoms with van der Waals surface area (Å²) >= 11 is 2.99. The van der Waals surface area contributed by atoms with Gasteiger partial charge in [-0.15, -0.1) is 10.2 Å². The number of carbonyl (C=O) groups is 1. The second-order valence-electron chi connectivity index (χ2n) is 5.88. The van der Waals surface area contributed by atoms with Crippen LogP contribution in [0.3, 0.4) is 0 Å². The number of carbonyl (C=O) groups excluding carboxylic acids is 1. The number of thiazole rings is 1. The minimum atomic E-state index is -0.317. The molecule has 2 aromatic carbocycles. The van der Waals surface area contributed by atoms with Crippen molar-refractivity contribution in [2.24, 2.45) is 0 Å². The molecule has 0 aliphatic carbocycles. The lowest BCUT2D eigenvalue weighted by Crippen LogP contribution is -2.22. The molecule has 4 aromatic rings. The van der Waals surface area contributed by atoms with Crippen molar-refractivity contribution in [3.63, 3.8) is 0 Å². The number of rotatable bonds is 6. The van der Waals surface area contributed by atoms with Gasteiger partial charge in [0, 0.05) is 5.69 Å². The molecule has 0 bridgehead atoms. The molecule has 0 saturated heterocycles. The SMILES string of the molecule is CCOc1ccc(NC(=O)C(C)Sc2nnc3sc4ccccc4n23)cc1. The molecule has 8 heteroatoms. The lowest BCUT2D eigenvalue weighted by Gasteiger charge is -2.11. The molecule has 6 nitrogen and oxygen atoms in total. The summed E-state index contributed by atoms with van der Waals surface area (Å²) in [4.78, 5) is 13.4. The number of thioether (sulfide) groups is 1. The fourth-order valence-electron chi connectivity index (χ4n) is 2.69. The normalized spacial score (nSPS) is 12.4. The number of nitrogens with zero attached hydrogens (tertiary/aromatic N) is 3. The predicted molar refractivity (Wildman–Crippen MR) is 110 cm³/mol. The fraction of sp³-hybridized carbons (Fsp3) is 0.211. The zero-order valence-corrected chi connectivity index (χ0v) is 16.5. The number of para-hydroxylation sites is 1. The molecule has 1 amide bonds. The van der Waals surface area contributed by atoms with Crippen LogP contribution in [0.1, 0.15) is 13.8 Å².